The van der Waals surface area contributed by atoms with Crippen LogP contribution in [-0.2, 0) is 6.54 Å². The molecule has 0 bridgehead atoms. The van der Waals surface area contributed by atoms with Gasteiger partial charge in [-0.3, -0.25) is 0 Å². The number of anilines is 1. The number of unbranched alkanes of at least 4 members (excludes halogenated alkanes) is 5. The number of nitrogens with two attached hydrogens (primary N) is 1. The Bertz CT molecular complexity index is 496. The third-order valence-corrected chi connectivity index (χ3v) is 3.50. The maximum atomic E-state index is 5.71. The summed E-state index contributed by atoms with van der Waals surface area (Å²) in [6, 6.07) is 7.62. The van der Waals surface area contributed by atoms with Crippen LogP contribution in [0.15, 0.2) is 43.0 Å². The number of hydrogen-bond donors (Lipinski definition) is 1. The zero-order chi connectivity index (χ0) is 14.8. The first kappa shape index (κ1) is 15.4. The molecule has 0 unspecified atom stereocenters. The van der Waals surface area contributed by atoms with Gasteiger partial charge in [-0.05, 0) is 25.0 Å². The molecule has 4 nitrogen and oxygen atoms in total. The van der Waals surface area contributed by atoms with Crippen molar-refractivity contribution in [2.75, 3.05) is 12.3 Å². The van der Waals surface area contributed by atoms with Gasteiger partial charge in [-0.2, -0.15) is 0 Å². The molecular formula is C17H25N3O. The van der Waals surface area contributed by atoms with Crippen LogP contribution in [-0.4, -0.2) is 16.2 Å². The number of ether oxygens (including phenoxy) is 1. The highest BCUT2D eigenvalue weighted by molar-refractivity contribution is 5.43. The fraction of sp³-hybridized carbons (Fsp3) is 0.471. The highest BCUT2D eigenvalue weighted by Crippen LogP contribution is 2.15. The van der Waals surface area contributed by atoms with Crippen molar-refractivity contribution in [2.45, 2.75) is 45.1 Å². The van der Waals surface area contributed by atoms with Gasteiger partial charge in [0.1, 0.15) is 5.75 Å². The van der Waals surface area contributed by atoms with Crippen LogP contribution in [0.2, 0.25) is 0 Å². The van der Waals surface area contributed by atoms with E-state index in [0.717, 1.165) is 31.0 Å². The van der Waals surface area contributed by atoms with E-state index in [0.29, 0.717) is 0 Å². The standard InChI is InChI=1S/C17H25N3O/c18-16-8-7-9-17(14-16)21-13-6-4-2-1-3-5-11-20-12-10-19-15-20/h7-10,12,14-15H,1-6,11,13,18H2. The van der Waals surface area contributed by atoms with Crippen LogP contribution < -0.4 is 10.5 Å². The molecule has 4 heteroatoms. The minimum absolute atomic E-state index is 0.755. The summed E-state index contributed by atoms with van der Waals surface area (Å²) in [5.41, 5.74) is 6.46. The largest absolute Gasteiger partial charge is 0.494 e. The lowest BCUT2D eigenvalue weighted by atomic mass is 10.1. The van der Waals surface area contributed by atoms with Crippen molar-refractivity contribution in [3.05, 3.63) is 43.0 Å². The Hall–Kier alpha value is -1.97. The first-order valence-corrected chi connectivity index (χ1v) is 7.79. The zero-order valence-corrected chi connectivity index (χ0v) is 12.6. The summed E-state index contributed by atoms with van der Waals surface area (Å²) in [5.74, 6) is 0.871. The Morgan fingerprint density at radius 3 is 2.62 bits per heavy atom. The summed E-state index contributed by atoms with van der Waals surface area (Å²) in [6.45, 7) is 1.86. The van der Waals surface area contributed by atoms with Crippen molar-refractivity contribution in [1.82, 2.24) is 9.55 Å². The van der Waals surface area contributed by atoms with Gasteiger partial charge in [-0.15, -0.1) is 0 Å². The first-order chi connectivity index (χ1) is 10.3. The Kier molecular flexibility index (Phi) is 6.65. The third-order valence-electron chi connectivity index (χ3n) is 3.50. The molecular weight excluding hydrogens is 262 g/mol. The molecule has 0 saturated heterocycles. The quantitative estimate of drug-likeness (QED) is 0.533. The maximum absolute atomic E-state index is 5.71. The minimum atomic E-state index is 0.755. The van der Waals surface area contributed by atoms with Gasteiger partial charge in [-0.1, -0.05) is 31.7 Å². The fourth-order valence-corrected chi connectivity index (χ4v) is 2.32. The number of benzene rings is 1. The molecule has 21 heavy (non-hydrogen) atoms. The van der Waals surface area contributed by atoms with E-state index in [-0.39, 0.29) is 0 Å². The van der Waals surface area contributed by atoms with Gasteiger partial charge in [0.2, 0.25) is 0 Å². The summed E-state index contributed by atoms with van der Waals surface area (Å²) in [7, 11) is 0. The van der Waals surface area contributed by atoms with Crippen molar-refractivity contribution in [3.8, 4) is 5.75 Å². The van der Waals surface area contributed by atoms with Crippen molar-refractivity contribution in [2.24, 2.45) is 0 Å². The molecule has 0 atom stereocenters. The lowest BCUT2D eigenvalue weighted by Gasteiger charge is -2.06. The second-order valence-electron chi connectivity index (χ2n) is 5.34. The molecule has 0 aliphatic heterocycles. The van der Waals surface area contributed by atoms with E-state index < -0.39 is 0 Å². The molecule has 0 spiro atoms. The highest BCUT2D eigenvalue weighted by Gasteiger charge is 1.96. The average molecular weight is 287 g/mol. The highest BCUT2D eigenvalue weighted by atomic mass is 16.5. The number of hydrogen-bond acceptors (Lipinski definition) is 3. The van der Waals surface area contributed by atoms with E-state index in [1.165, 1.54) is 32.1 Å². The average Bonchev–Trinajstić information content (AvgIpc) is 2.99. The second kappa shape index (κ2) is 9.06. The van der Waals surface area contributed by atoms with Crippen molar-refractivity contribution >= 4 is 5.69 Å². The number of nitrogen functional groups attached to an aromatic ring is 1. The van der Waals surface area contributed by atoms with Gasteiger partial charge in [0, 0.05) is 30.7 Å². The number of aromatic nitrogens is 2. The smallest absolute Gasteiger partial charge is 0.121 e. The van der Waals surface area contributed by atoms with Crippen molar-refractivity contribution in [3.63, 3.8) is 0 Å². The Balaban J connectivity index is 1.42. The Morgan fingerprint density at radius 1 is 1.05 bits per heavy atom. The molecule has 2 rings (SSSR count). The predicted octanol–water partition coefficient (Wildman–Crippen LogP) is 3.88. The van der Waals surface area contributed by atoms with Crippen LogP contribution in [0.4, 0.5) is 5.69 Å². The number of rotatable bonds is 10. The molecule has 114 valence electrons. The van der Waals surface area contributed by atoms with E-state index in [1.807, 2.05) is 43.0 Å². The van der Waals surface area contributed by atoms with Crippen molar-refractivity contribution in [1.29, 1.82) is 0 Å². The Morgan fingerprint density at radius 2 is 1.86 bits per heavy atom. The zero-order valence-electron chi connectivity index (χ0n) is 12.6. The predicted molar refractivity (Wildman–Crippen MR) is 86.3 cm³/mol. The molecule has 0 saturated carbocycles. The lowest BCUT2D eigenvalue weighted by molar-refractivity contribution is 0.304. The second-order valence-corrected chi connectivity index (χ2v) is 5.34. The minimum Gasteiger partial charge on any atom is -0.494 e. The van der Waals surface area contributed by atoms with Crippen molar-refractivity contribution < 1.29 is 4.74 Å². The number of nitrogens with zero attached hydrogens (tertiary/aromatic N) is 2. The summed E-state index contributed by atoms with van der Waals surface area (Å²) in [6.07, 6.45) is 13.2. The molecule has 2 aromatic rings. The van der Waals surface area contributed by atoms with E-state index in [2.05, 4.69) is 9.55 Å². The summed E-state index contributed by atoms with van der Waals surface area (Å²) < 4.78 is 7.81. The fourth-order valence-electron chi connectivity index (χ4n) is 2.32. The molecule has 0 amide bonds. The summed E-state index contributed by atoms with van der Waals surface area (Å²) >= 11 is 0. The SMILES string of the molecule is Nc1cccc(OCCCCCCCCn2ccnc2)c1. The van der Waals surface area contributed by atoms with Crippen LogP contribution in [0.3, 0.4) is 0 Å². The molecule has 0 aliphatic rings. The van der Waals surface area contributed by atoms with Gasteiger partial charge in [-0.25, -0.2) is 4.98 Å². The van der Waals surface area contributed by atoms with Crippen LogP contribution in [0.1, 0.15) is 38.5 Å². The van der Waals surface area contributed by atoms with Gasteiger partial charge in [0.25, 0.3) is 0 Å². The first-order valence-electron chi connectivity index (χ1n) is 7.79. The molecule has 1 aromatic heterocycles. The number of aryl methyl sites for hydroxylation is 1. The molecule has 2 N–H and O–H groups in total. The topological polar surface area (TPSA) is 53.1 Å². The molecule has 0 radical (unpaired) electrons. The van der Waals surface area contributed by atoms with Crippen LogP contribution in [0, 0.1) is 0 Å². The van der Waals surface area contributed by atoms with E-state index in [1.54, 1.807) is 0 Å². The maximum Gasteiger partial charge on any atom is 0.121 e. The molecule has 0 fully saturated rings. The Labute approximate surface area is 127 Å². The van der Waals surface area contributed by atoms with E-state index in [9.17, 15) is 0 Å². The van der Waals surface area contributed by atoms with Crippen LogP contribution >= 0.6 is 0 Å². The lowest BCUT2D eigenvalue weighted by Crippen LogP contribution is -1.98. The van der Waals surface area contributed by atoms with Gasteiger partial charge >= 0.3 is 0 Å². The monoisotopic (exact) mass is 287 g/mol. The third kappa shape index (κ3) is 6.34. The molecule has 1 aromatic carbocycles. The normalized spacial score (nSPS) is 10.7. The summed E-state index contributed by atoms with van der Waals surface area (Å²) in [4.78, 5) is 4.04. The van der Waals surface area contributed by atoms with E-state index >= 15 is 0 Å². The van der Waals surface area contributed by atoms with Gasteiger partial charge < -0.3 is 15.0 Å². The summed E-state index contributed by atoms with van der Waals surface area (Å²) in [5, 5.41) is 0. The van der Waals surface area contributed by atoms with Crippen LogP contribution in [0.5, 0.6) is 5.75 Å². The van der Waals surface area contributed by atoms with E-state index in [4.69, 9.17) is 10.5 Å². The molecule has 1 heterocycles. The van der Waals surface area contributed by atoms with Gasteiger partial charge in [0.05, 0.1) is 12.9 Å². The van der Waals surface area contributed by atoms with Crippen LogP contribution in [0.25, 0.3) is 0 Å². The molecule has 0 aliphatic carbocycles. The number of imidazole rings is 1. The van der Waals surface area contributed by atoms with Gasteiger partial charge in [0.15, 0.2) is 0 Å².